The van der Waals surface area contributed by atoms with Crippen LogP contribution >= 0.6 is 0 Å². The predicted octanol–water partition coefficient (Wildman–Crippen LogP) is -0.617. The van der Waals surface area contributed by atoms with Crippen molar-refractivity contribution in [2.45, 2.75) is 18.9 Å². The minimum absolute atomic E-state index is 0.464. The van der Waals surface area contributed by atoms with Crippen molar-refractivity contribution in [3.63, 3.8) is 0 Å². The molecule has 4 heteroatoms. The van der Waals surface area contributed by atoms with Gasteiger partial charge in [0.05, 0.1) is 0 Å². The van der Waals surface area contributed by atoms with Gasteiger partial charge in [0.25, 0.3) is 0 Å². The summed E-state index contributed by atoms with van der Waals surface area (Å²) in [4.78, 5) is 10.3. The zero-order valence-corrected chi connectivity index (χ0v) is 6.36. The molecule has 0 unspecified atom stereocenters. The minimum atomic E-state index is -0.910. The van der Waals surface area contributed by atoms with E-state index in [1.807, 2.05) is 0 Å². The number of nitrogens with two attached hydrogens (primary N) is 2. The van der Waals surface area contributed by atoms with Gasteiger partial charge in [-0.25, -0.2) is 0 Å². The van der Waals surface area contributed by atoms with Crippen LogP contribution in [-0.2, 0) is 4.79 Å². The first kappa shape index (κ1) is 8.49. The van der Waals surface area contributed by atoms with Gasteiger partial charge in [-0.15, -0.1) is 0 Å². The molecule has 0 radical (unpaired) electrons. The molecule has 1 saturated carbocycles. The summed E-state index contributed by atoms with van der Waals surface area (Å²) < 4.78 is 0. The van der Waals surface area contributed by atoms with Crippen molar-refractivity contribution in [2.75, 3.05) is 6.54 Å². The zero-order chi connectivity index (χ0) is 8.43. The lowest BCUT2D eigenvalue weighted by Crippen LogP contribution is -2.30. The number of carboxylic acid groups (broad SMARTS) is 1. The molecule has 5 N–H and O–H groups in total. The molecule has 0 aromatic heterocycles. The second-order valence-corrected chi connectivity index (χ2v) is 3.17. The maximum Gasteiger partial charge on any atom is 0.320 e. The largest absolute Gasteiger partial charge is 0.480 e. The topological polar surface area (TPSA) is 89.3 Å². The van der Waals surface area contributed by atoms with E-state index >= 15 is 0 Å². The summed E-state index contributed by atoms with van der Waals surface area (Å²) in [5, 5.41) is 8.46. The minimum Gasteiger partial charge on any atom is -0.480 e. The summed E-state index contributed by atoms with van der Waals surface area (Å²) in [7, 11) is 0. The number of hydrogen-bond acceptors (Lipinski definition) is 3. The summed E-state index contributed by atoms with van der Waals surface area (Å²) in [6.07, 6.45) is 1.63. The van der Waals surface area contributed by atoms with E-state index in [0.717, 1.165) is 6.42 Å². The van der Waals surface area contributed by atoms with Crippen LogP contribution in [-0.4, -0.2) is 23.7 Å². The Morgan fingerprint density at radius 3 is 2.64 bits per heavy atom. The fraction of sp³-hybridized carbons (Fsp3) is 0.857. The van der Waals surface area contributed by atoms with Gasteiger partial charge in [-0.2, -0.15) is 0 Å². The molecule has 0 spiro atoms. The van der Waals surface area contributed by atoms with Gasteiger partial charge in [-0.3, -0.25) is 4.79 Å². The Kier molecular flexibility index (Phi) is 2.46. The van der Waals surface area contributed by atoms with Gasteiger partial charge in [-0.1, -0.05) is 0 Å². The highest BCUT2D eigenvalue weighted by Crippen LogP contribution is 2.40. The summed E-state index contributed by atoms with van der Waals surface area (Å²) >= 11 is 0. The number of hydrogen-bond donors (Lipinski definition) is 3. The quantitative estimate of drug-likeness (QED) is 0.509. The Balaban J connectivity index is 2.18. The summed E-state index contributed by atoms with van der Waals surface area (Å²) in [6.45, 7) is 0.664. The second kappa shape index (κ2) is 3.19. The second-order valence-electron chi connectivity index (χ2n) is 3.17. The highest BCUT2D eigenvalue weighted by molar-refractivity contribution is 5.73. The SMILES string of the molecule is NC[C@H]1C[C@@H]1C[C@H](N)C(=O)O. The molecule has 0 saturated heterocycles. The number of carboxylic acids is 1. The Labute approximate surface area is 65.6 Å². The van der Waals surface area contributed by atoms with Crippen molar-refractivity contribution in [3.8, 4) is 0 Å². The number of carbonyl (C=O) groups is 1. The summed E-state index contributed by atoms with van der Waals surface area (Å²) in [5.41, 5.74) is 10.7. The zero-order valence-electron chi connectivity index (χ0n) is 6.36. The molecule has 0 amide bonds. The van der Waals surface area contributed by atoms with Gasteiger partial charge in [0, 0.05) is 0 Å². The van der Waals surface area contributed by atoms with Crippen molar-refractivity contribution >= 4 is 5.97 Å². The van der Waals surface area contributed by atoms with Crippen LogP contribution in [0.15, 0.2) is 0 Å². The molecule has 4 nitrogen and oxygen atoms in total. The average Bonchev–Trinajstić information content (AvgIpc) is 2.67. The van der Waals surface area contributed by atoms with Crippen molar-refractivity contribution in [1.29, 1.82) is 0 Å². The van der Waals surface area contributed by atoms with Crippen molar-refractivity contribution in [3.05, 3.63) is 0 Å². The van der Waals surface area contributed by atoms with Crippen molar-refractivity contribution < 1.29 is 9.90 Å². The fourth-order valence-electron chi connectivity index (χ4n) is 1.31. The Morgan fingerprint density at radius 2 is 2.27 bits per heavy atom. The normalized spacial score (nSPS) is 31.5. The standard InChI is InChI=1S/C7H14N2O2/c8-3-5-1-4(5)2-6(9)7(10)11/h4-6H,1-3,8-9H2,(H,10,11)/t4-,5-,6+/m1/s1. The first-order valence-electron chi connectivity index (χ1n) is 3.83. The molecule has 0 heterocycles. The van der Waals surface area contributed by atoms with Crippen LogP contribution in [0.2, 0.25) is 0 Å². The van der Waals surface area contributed by atoms with Crippen LogP contribution in [0, 0.1) is 11.8 Å². The van der Waals surface area contributed by atoms with E-state index in [2.05, 4.69) is 0 Å². The Morgan fingerprint density at radius 1 is 1.64 bits per heavy atom. The van der Waals surface area contributed by atoms with Crippen LogP contribution in [0.3, 0.4) is 0 Å². The Bertz CT molecular complexity index is 161. The number of rotatable bonds is 4. The van der Waals surface area contributed by atoms with Gasteiger partial charge in [0.2, 0.25) is 0 Å². The lowest BCUT2D eigenvalue weighted by molar-refractivity contribution is -0.138. The Hall–Kier alpha value is -0.610. The van der Waals surface area contributed by atoms with Crippen LogP contribution in [0.1, 0.15) is 12.8 Å². The van der Waals surface area contributed by atoms with Crippen LogP contribution in [0.5, 0.6) is 0 Å². The lowest BCUT2D eigenvalue weighted by atomic mass is 10.1. The van der Waals surface area contributed by atoms with Crippen LogP contribution < -0.4 is 11.5 Å². The maximum absolute atomic E-state index is 10.3. The average molecular weight is 158 g/mol. The number of aliphatic carboxylic acids is 1. The highest BCUT2D eigenvalue weighted by atomic mass is 16.4. The van der Waals surface area contributed by atoms with Crippen molar-refractivity contribution in [1.82, 2.24) is 0 Å². The van der Waals surface area contributed by atoms with Gasteiger partial charge >= 0.3 is 5.97 Å². The molecule has 1 fully saturated rings. The molecule has 0 aromatic rings. The van der Waals surface area contributed by atoms with Gasteiger partial charge < -0.3 is 16.6 Å². The first-order chi connectivity index (χ1) is 5.15. The molecule has 11 heavy (non-hydrogen) atoms. The highest BCUT2D eigenvalue weighted by Gasteiger charge is 2.37. The third kappa shape index (κ3) is 2.17. The third-order valence-electron chi connectivity index (χ3n) is 2.25. The monoisotopic (exact) mass is 158 g/mol. The van der Waals surface area contributed by atoms with Crippen LogP contribution in [0.4, 0.5) is 0 Å². The van der Waals surface area contributed by atoms with E-state index in [4.69, 9.17) is 16.6 Å². The molecule has 0 aromatic carbocycles. The van der Waals surface area contributed by atoms with E-state index in [-0.39, 0.29) is 0 Å². The molecule has 0 aliphatic heterocycles. The molecule has 64 valence electrons. The molecule has 0 bridgehead atoms. The van der Waals surface area contributed by atoms with Gasteiger partial charge in [0.15, 0.2) is 0 Å². The smallest absolute Gasteiger partial charge is 0.320 e. The van der Waals surface area contributed by atoms with Gasteiger partial charge in [-0.05, 0) is 31.2 Å². The molecular weight excluding hydrogens is 144 g/mol. The molecule has 1 aliphatic rings. The summed E-state index contributed by atoms with van der Waals surface area (Å²) in [5.74, 6) is 0.0826. The van der Waals surface area contributed by atoms with Crippen molar-refractivity contribution in [2.24, 2.45) is 23.3 Å². The maximum atomic E-state index is 10.3. The van der Waals surface area contributed by atoms with E-state index in [9.17, 15) is 4.79 Å². The van der Waals surface area contributed by atoms with E-state index in [0.29, 0.717) is 24.8 Å². The third-order valence-corrected chi connectivity index (χ3v) is 2.25. The first-order valence-corrected chi connectivity index (χ1v) is 3.83. The predicted molar refractivity (Wildman–Crippen MR) is 40.9 cm³/mol. The van der Waals surface area contributed by atoms with E-state index in [1.165, 1.54) is 0 Å². The fourth-order valence-corrected chi connectivity index (χ4v) is 1.31. The molecule has 3 atom stereocenters. The van der Waals surface area contributed by atoms with Gasteiger partial charge in [0.1, 0.15) is 6.04 Å². The van der Waals surface area contributed by atoms with E-state index < -0.39 is 12.0 Å². The summed E-state index contributed by atoms with van der Waals surface area (Å²) in [6, 6.07) is -0.698. The van der Waals surface area contributed by atoms with E-state index in [1.54, 1.807) is 0 Å². The molecule has 1 aliphatic carbocycles. The molecular formula is C7H14N2O2. The molecule has 1 rings (SSSR count). The lowest BCUT2D eigenvalue weighted by Gasteiger charge is -2.03. The van der Waals surface area contributed by atoms with Crippen LogP contribution in [0.25, 0.3) is 0 Å².